The number of ether oxygens (including phenoxy) is 1. The predicted molar refractivity (Wildman–Crippen MR) is 123 cm³/mol. The minimum atomic E-state index is -0.858. The van der Waals surface area contributed by atoms with Gasteiger partial charge < -0.3 is 14.9 Å². The van der Waals surface area contributed by atoms with Crippen LogP contribution in [0, 0.1) is 5.92 Å². The average Bonchev–Trinajstić information content (AvgIpc) is 3.05. The molecule has 1 aliphatic heterocycles. The molecule has 0 radical (unpaired) electrons. The zero-order valence-corrected chi connectivity index (χ0v) is 18.2. The van der Waals surface area contributed by atoms with Gasteiger partial charge in [0.1, 0.15) is 0 Å². The van der Waals surface area contributed by atoms with Crippen LogP contribution in [0.3, 0.4) is 0 Å². The van der Waals surface area contributed by atoms with Crippen molar-refractivity contribution in [2.45, 2.75) is 26.8 Å². The van der Waals surface area contributed by atoms with Gasteiger partial charge in [0.25, 0.3) is 5.91 Å². The van der Waals surface area contributed by atoms with Gasteiger partial charge in [0.2, 0.25) is 0 Å². The third-order valence-electron chi connectivity index (χ3n) is 5.62. The Morgan fingerprint density at radius 2 is 1.78 bits per heavy atom. The fraction of sp³-hybridized carbons (Fsp3) is 0.231. The second-order valence-corrected chi connectivity index (χ2v) is 8.02. The number of hydrogen-bond acceptors (Lipinski definition) is 5. The standard InChI is InChI=1S/C26H25NO5/c1-4-32-21-14-17(12-13-20(21)28)23-22(24(29)15(2)3)25(30)26(31)27(23)19-11-7-9-16-8-5-6-10-18(16)19/h5-15,23,28,30H,4H2,1-3H3. The van der Waals surface area contributed by atoms with Crippen molar-refractivity contribution in [3.63, 3.8) is 0 Å². The van der Waals surface area contributed by atoms with Gasteiger partial charge in [-0.3, -0.25) is 14.5 Å². The molecule has 3 aromatic carbocycles. The number of phenols is 1. The van der Waals surface area contributed by atoms with E-state index in [2.05, 4.69) is 0 Å². The third-order valence-corrected chi connectivity index (χ3v) is 5.62. The number of aromatic hydroxyl groups is 1. The maximum Gasteiger partial charge on any atom is 0.294 e. The summed E-state index contributed by atoms with van der Waals surface area (Å²) in [5, 5.41) is 22.7. The topological polar surface area (TPSA) is 87.1 Å². The van der Waals surface area contributed by atoms with Crippen LogP contribution in [0.25, 0.3) is 10.8 Å². The summed E-state index contributed by atoms with van der Waals surface area (Å²) in [7, 11) is 0. The number of aliphatic hydroxyl groups is 1. The fourth-order valence-corrected chi connectivity index (χ4v) is 4.12. The van der Waals surface area contributed by atoms with E-state index < -0.39 is 23.6 Å². The van der Waals surface area contributed by atoms with Crippen molar-refractivity contribution in [2.24, 2.45) is 5.92 Å². The maximum absolute atomic E-state index is 13.3. The van der Waals surface area contributed by atoms with Crippen molar-refractivity contribution in [3.05, 3.63) is 77.6 Å². The molecular formula is C26H25NO5. The first-order chi connectivity index (χ1) is 15.3. The predicted octanol–water partition coefficient (Wildman–Crippen LogP) is 5.07. The van der Waals surface area contributed by atoms with Gasteiger partial charge in [-0.2, -0.15) is 0 Å². The molecule has 1 unspecified atom stereocenters. The highest BCUT2D eigenvalue weighted by Gasteiger charge is 2.45. The fourth-order valence-electron chi connectivity index (χ4n) is 4.12. The lowest BCUT2D eigenvalue weighted by Gasteiger charge is -2.28. The van der Waals surface area contributed by atoms with E-state index in [1.165, 1.54) is 11.0 Å². The highest BCUT2D eigenvalue weighted by molar-refractivity contribution is 6.19. The molecular weight excluding hydrogens is 406 g/mol. The minimum absolute atomic E-state index is 0.0402. The Labute approximate surface area is 186 Å². The van der Waals surface area contributed by atoms with E-state index >= 15 is 0 Å². The van der Waals surface area contributed by atoms with Crippen LogP contribution in [-0.4, -0.2) is 28.5 Å². The summed E-state index contributed by atoms with van der Waals surface area (Å²) in [5.74, 6) is -1.71. The summed E-state index contributed by atoms with van der Waals surface area (Å²) in [6.45, 7) is 5.60. The molecule has 3 aromatic rings. The molecule has 0 spiro atoms. The molecule has 6 heteroatoms. The number of phenolic OH excluding ortho intramolecular Hbond substituents is 1. The zero-order valence-electron chi connectivity index (χ0n) is 18.2. The normalized spacial score (nSPS) is 16.3. The van der Waals surface area contributed by atoms with Crippen LogP contribution in [0.4, 0.5) is 5.69 Å². The molecule has 1 aliphatic rings. The van der Waals surface area contributed by atoms with Crippen LogP contribution in [0.2, 0.25) is 0 Å². The Balaban J connectivity index is 1.96. The van der Waals surface area contributed by atoms with Gasteiger partial charge in [0.05, 0.1) is 23.9 Å². The molecule has 1 atom stereocenters. The number of rotatable bonds is 6. The molecule has 164 valence electrons. The summed E-state index contributed by atoms with van der Waals surface area (Å²) in [6, 6.07) is 17.1. The molecule has 0 saturated carbocycles. The van der Waals surface area contributed by atoms with Crippen molar-refractivity contribution in [3.8, 4) is 11.5 Å². The highest BCUT2D eigenvalue weighted by atomic mass is 16.5. The van der Waals surface area contributed by atoms with Gasteiger partial charge >= 0.3 is 0 Å². The number of aliphatic hydroxyl groups excluding tert-OH is 1. The van der Waals surface area contributed by atoms with E-state index in [-0.39, 0.29) is 22.9 Å². The second-order valence-electron chi connectivity index (χ2n) is 8.02. The lowest BCUT2D eigenvalue weighted by atomic mass is 9.90. The van der Waals surface area contributed by atoms with Gasteiger partial charge in [0.15, 0.2) is 23.0 Å². The third kappa shape index (κ3) is 3.47. The quantitative estimate of drug-likeness (QED) is 0.569. The monoisotopic (exact) mass is 431 g/mol. The number of ketones is 1. The number of fused-ring (bicyclic) bond motifs is 1. The smallest absolute Gasteiger partial charge is 0.294 e. The average molecular weight is 431 g/mol. The number of hydrogen-bond donors (Lipinski definition) is 2. The molecule has 0 bridgehead atoms. The molecule has 32 heavy (non-hydrogen) atoms. The summed E-state index contributed by atoms with van der Waals surface area (Å²) in [5.41, 5.74) is 1.19. The zero-order chi connectivity index (χ0) is 23.0. The molecule has 0 aliphatic carbocycles. The summed E-state index contributed by atoms with van der Waals surface area (Å²) in [4.78, 5) is 27.9. The van der Waals surface area contributed by atoms with Gasteiger partial charge in [-0.15, -0.1) is 0 Å². The molecule has 1 amide bonds. The van der Waals surface area contributed by atoms with E-state index in [4.69, 9.17) is 4.74 Å². The van der Waals surface area contributed by atoms with Gasteiger partial charge in [-0.25, -0.2) is 0 Å². The van der Waals surface area contributed by atoms with E-state index in [1.807, 2.05) is 36.4 Å². The molecule has 0 fully saturated rings. The van der Waals surface area contributed by atoms with Crippen LogP contribution in [0.15, 0.2) is 72.0 Å². The van der Waals surface area contributed by atoms with Crippen molar-refractivity contribution < 1.29 is 24.5 Å². The van der Waals surface area contributed by atoms with E-state index in [1.54, 1.807) is 39.0 Å². The van der Waals surface area contributed by atoms with E-state index in [9.17, 15) is 19.8 Å². The van der Waals surface area contributed by atoms with Crippen LogP contribution in [-0.2, 0) is 9.59 Å². The summed E-state index contributed by atoms with van der Waals surface area (Å²) >= 11 is 0. The Morgan fingerprint density at radius 1 is 1.06 bits per heavy atom. The Hall–Kier alpha value is -3.80. The Kier molecular flexibility index (Phi) is 5.61. The van der Waals surface area contributed by atoms with Crippen LogP contribution in [0.1, 0.15) is 32.4 Å². The Morgan fingerprint density at radius 3 is 2.50 bits per heavy atom. The first-order valence-corrected chi connectivity index (χ1v) is 10.6. The highest BCUT2D eigenvalue weighted by Crippen LogP contribution is 2.45. The first kappa shape index (κ1) is 21.4. The lowest BCUT2D eigenvalue weighted by Crippen LogP contribution is -2.31. The number of carbonyl (C=O) groups excluding carboxylic acids is 2. The summed E-state index contributed by atoms with van der Waals surface area (Å²) in [6.07, 6.45) is 0. The van der Waals surface area contributed by atoms with Gasteiger partial charge in [-0.1, -0.05) is 56.3 Å². The number of benzene rings is 3. The van der Waals surface area contributed by atoms with Gasteiger partial charge in [0, 0.05) is 11.3 Å². The first-order valence-electron chi connectivity index (χ1n) is 10.6. The van der Waals surface area contributed by atoms with Crippen LogP contribution < -0.4 is 9.64 Å². The van der Waals surface area contributed by atoms with Crippen LogP contribution in [0.5, 0.6) is 11.5 Å². The summed E-state index contributed by atoms with van der Waals surface area (Å²) < 4.78 is 5.53. The van der Waals surface area contributed by atoms with Crippen molar-refractivity contribution >= 4 is 28.2 Å². The lowest BCUT2D eigenvalue weighted by molar-refractivity contribution is -0.119. The number of amides is 1. The number of carbonyl (C=O) groups is 2. The van der Waals surface area contributed by atoms with E-state index in [0.717, 1.165) is 10.8 Å². The SMILES string of the molecule is CCOc1cc(C2C(C(=O)C(C)C)=C(O)C(=O)N2c2cccc3ccccc23)ccc1O. The number of Topliss-reactive ketones (excluding diaryl/α,β-unsaturated/α-hetero) is 1. The van der Waals surface area contributed by atoms with Gasteiger partial charge in [-0.05, 0) is 36.1 Å². The largest absolute Gasteiger partial charge is 0.504 e. The van der Waals surface area contributed by atoms with Crippen molar-refractivity contribution in [1.82, 2.24) is 0 Å². The molecule has 6 nitrogen and oxygen atoms in total. The second kappa shape index (κ2) is 8.38. The Bertz CT molecular complexity index is 1240. The molecule has 2 N–H and O–H groups in total. The van der Waals surface area contributed by atoms with Crippen molar-refractivity contribution in [1.29, 1.82) is 0 Å². The maximum atomic E-state index is 13.3. The molecule has 4 rings (SSSR count). The van der Waals surface area contributed by atoms with Crippen LogP contribution >= 0.6 is 0 Å². The molecule has 1 heterocycles. The molecule has 0 aromatic heterocycles. The number of nitrogens with zero attached hydrogens (tertiary/aromatic N) is 1. The van der Waals surface area contributed by atoms with Crippen molar-refractivity contribution in [2.75, 3.05) is 11.5 Å². The minimum Gasteiger partial charge on any atom is -0.504 e. The number of anilines is 1. The molecule has 0 saturated heterocycles. The van der Waals surface area contributed by atoms with E-state index in [0.29, 0.717) is 17.9 Å².